The number of rotatable bonds is 7. The summed E-state index contributed by atoms with van der Waals surface area (Å²) in [6.45, 7) is 2.09. The van der Waals surface area contributed by atoms with Gasteiger partial charge >= 0.3 is 0 Å². The molecule has 1 N–H and O–H groups in total. The number of likely N-dealkylation sites (tertiary alicyclic amines) is 1. The van der Waals surface area contributed by atoms with Gasteiger partial charge in [-0.05, 0) is 6.42 Å². The van der Waals surface area contributed by atoms with Crippen LogP contribution in [-0.2, 0) is 20.7 Å². The van der Waals surface area contributed by atoms with E-state index in [2.05, 4.69) is 10.3 Å². The molecule has 1 fully saturated rings. The van der Waals surface area contributed by atoms with E-state index in [1.165, 1.54) is 0 Å². The van der Waals surface area contributed by atoms with E-state index in [9.17, 15) is 9.59 Å². The number of carbonyl (C=O) groups excluding carboxylic acids is 2. The van der Waals surface area contributed by atoms with Crippen LogP contribution in [0.2, 0.25) is 0 Å². The molecule has 0 bridgehead atoms. The fourth-order valence-corrected chi connectivity index (χ4v) is 3.62. The summed E-state index contributed by atoms with van der Waals surface area (Å²) in [4.78, 5) is 31.4. The van der Waals surface area contributed by atoms with Crippen LogP contribution in [0.15, 0.2) is 17.8 Å². The molecule has 3 heterocycles. The molecule has 130 valence electrons. The fourth-order valence-electron chi connectivity index (χ4n) is 2.90. The van der Waals surface area contributed by atoms with Crippen LogP contribution < -0.4 is 5.32 Å². The summed E-state index contributed by atoms with van der Waals surface area (Å²) in [7, 11) is 1.61. The van der Waals surface area contributed by atoms with Crippen molar-refractivity contribution < 1.29 is 14.3 Å². The largest absolute Gasteiger partial charge is 0.383 e. The predicted octanol–water partition coefficient (Wildman–Crippen LogP) is 0.940. The van der Waals surface area contributed by atoms with Crippen LogP contribution in [0, 0.1) is 5.92 Å². The Kier molecular flexibility index (Phi) is 5.47. The normalized spacial score (nSPS) is 18.3. The van der Waals surface area contributed by atoms with Crippen LogP contribution in [0.3, 0.4) is 0 Å². The van der Waals surface area contributed by atoms with Gasteiger partial charge < -0.3 is 15.0 Å². The molecular weight excluding hydrogens is 328 g/mol. The molecule has 24 heavy (non-hydrogen) atoms. The summed E-state index contributed by atoms with van der Waals surface area (Å²) in [6, 6.07) is 0. The molecule has 0 radical (unpaired) electrons. The van der Waals surface area contributed by atoms with Crippen molar-refractivity contribution in [2.75, 3.05) is 33.4 Å². The first kappa shape index (κ1) is 16.9. The van der Waals surface area contributed by atoms with Crippen molar-refractivity contribution in [3.8, 4) is 0 Å². The zero-order valence-corrected chi connectivity index (χ0v) is 14.6. The zero-order chi connectivity index (χ0) is 16.9. The number of thiazole rings is 1. The molecule has 3 rings (SSSR count). The third-order valence-corrected chi connectivity index (χ3v) is 5.03. The molecule has 1 aliphatic rings. The molecule has 1 atom stereocenters. The minimum Gasteiger partial charge on any atom is -0.383 e. The third-order valence-electron chi connectivity index (χ3n) is 4.26. The van der Waals surface area contributed by atoms with Gasteiger partial charge in [-0.2, -0.15) is 0 Å². The maximum absolute atomic E-state index is 12.3. The van der Waals surface area contributed by atoms with E-state index < -0.39 is 0 Å². The lowest BCUT2D eigenvalue weighted by atomic mass is 9.96. The van der Waals surface area contributed by atoms with Crippen LogP contribution in [0.4, 0.5) is 0 Å². The Morgan fingerprint density at radius 2 is 2.42 bits per heavy atom. The minimum absolute atomic E-state index is 0.0194. The first-order chi connectivity index (χ1) is 11.7. The van der Waals surface area contributed by atoms with Gasteiger partial charge in [-0.3, -0.25) is 14.0 Å². The van der Waals surface area contributed by atoms with Gasteiger partial charge in [0.1, 0.15) is 0 Å². The number of imidazole rings is 1. The van der Waals surface area contributed by atoms with Crippen LogP contribution in [0.25, 0.3) is 4.96 Å². The Hall–Kier alpha value is -1.93. The van der Waals surface area contributed by atoms with Crippen LogP contribution >= 0.6 is 11.3 Å². The van der Waals surface area contributed by atoms with E-state index in [-0.39, 0.29) is 17.7 Å². The van der Waals surface area contributed by atoms with Crippen molar-refractivity contribution in [2.45, 2.75) is 19.3 Å². The lowest BCUT2D eigenvalue weighted by molar-refractivity contribution is -0.138. The molecule has 0 unspecified atom stereocenters. The van der Waals surface area contributed by atoms with Crippen LogP contribution in [0.5, 0.6) is 0 Å². The van der Waals surface area contributed by atoms with Crippen molar-refractivity contribution in [3.05, 3.63) is 23.5 Å². The number of carbonyl (C=O) groups is 2. The van der Waals surface area contributed by atoms with Gasteiger partial charge in [0.2, 0.25) is 11.8 Å². The highest BCUT2D eigenvalue weighted by molar-refractivity contribution is 7.15. The van der Waals surface area contributed by atoms with Crippen molar-refractivity contribution in [1.82, 2.24) is 19.6 Å². The maximum Gasteiger partial charge on any atom is 0.224 e. The number of aromatic nitrogens is 2. The molecule has 0 spiro atoms. The lowest BCUT2D eigenvalue weighted by Gasteiger charge is -2.31. The summed E-state index contributed by atoms with van der Waals surface area (Å²) in [5, 5.41) is 4.97. The second-order valence-electron chi connectivity index (χ2n) is 5.93. The topological polar surface area (TPSA) is 75.9 Å². The predicted molar refractivity (Wildman–Crippen MR) is 91.0 cm³/mol. The Morgan fingerprint density at radius 1 is 1.54 bits per heavy atom. The number of nitrogens with zero attached hydrogens (tertiary/aromatic N) is 3. The molecule has 1 saturated heterocycles. The summed E-state index contributed by atoms with van der Waals surface area (Å²) in [5.74, 6) is -0.00911. The number of fused-ring (bicyclic) bond motifs is 1. The van der Waals surface area contributed by atoms with E-state index in [1.54, 1.807) is 23.3 Å². The van der Waals surface area contributed by atoms with Crippen LogP contribution in [-0.4, -0.2) is 59.4 Å². The number of piperidine rings is 1. The molecule has 0 saturated carbocycles. The monoisotopic (exact) mass is 350 g/mol. The molecule has 0 aliphatic carbocycles. The third kappa shape index (κ3) is 3.93. The molecule has 0 aromatic carbocycles. The standard InChI is InChI=1S/C16H22N4O3S/c1-23-8-6-19-10-12(2-3-14(19)21)15(22)17-5-4-13-11-20-7-9-24-16(20)18-13/h7,9,11-12H,2-6,8,10H2,1H3,(H,17,22)/t12-/m1/s1. The van der Waals surface area contributed by atoms with E-state index >= 15 is 0 Å². The number of hydrogen-bond acceptors (Lipinski definition) is 5. The van der Waals surface area contributed by atoms with Crippen molar-refractivity contribution in [2.24, 2.45) is 5.92 Å². The molecule has 7 nitrogen and oxygen atoms in total. The Bertz CT molecular complexity index is 683. The van der Waals surface area contributed by atoms with Crippen molar-refractivity contribution in [1.29, 1.82) is 0 Å². The quantitative estimate of drug-likeness (QED) is 0.806. The Labute approximate surface area is 144 Å². The zero-order valence-electron chi connectivity index (χ0n) is 13.7. The summed E-state index contributed by atoms with van der Waals surface area (Å²) in [5.41, 5.74) is 0.975. The molecule has 1 aliphatic heterocycles. The van der Waals surface area contributed by atoms with Gasteiger partial charge in [0, 0.05) is 57.4 Å². The Balaban J connectivity index is 1.45. The number of methoxy groups -OCH3 is 1. The summed E-state index contributed by atoms with van der Waals surface area (Å²) in [6.07, 6.45) is 5.72. The second kappa shape index (κ2) is 7.76. The average Bonchev–Trinajstić information content (AvgIpc) is 3.15. The SMILES string of the molecule is COCCN1C[C@H](C(=O)NCCc2cn3ccsc3n2)CCC1=O. The van der Waals surface area contributed by atoms with Crippen LogP contribution in [0.1, 0.15) is 18.5 Å². The van der Waals surface area contributed by atoms with Crippen molar-refractivity contribution >= 4 is 28.1 Å². The highest BCUT2D eigenvalue weighted by Gasteiger charge is 2.29. The molecule has 2 aromatic heterocycles. The van der Waals surface area contributed by atoms with E-state index in [0.29, 0.717) is 45.5 Å². The summed E-state index contributed by atoms with van der Waals surface area (Å²) >= 11 is 1.59. The van der Waals surface area contributed by atoms with Gasteiger partial charge in [0.25, 0.3) is 0 Å². The lowest BCUT2D eigenvalue weighted by Crippen LogP contribution is -2.47. The van der Waals surface area contributed by atoms with Gasteiger partial charge in [0.15, 0.2) is 4.96 Å². The Morgan fingerprint density at radius 3 is 3.21 bits per heavy atom. The van der Waals surface area contributed by atoms with E-state index in [0.717, 1.165) is 10.7 Å². The minimum atomic E-state index is -0.134. The molecule has 2 amide bonds. The summed E-state index contributed by atoms with van der Waals surface area (Å²) < 4.78 is 7.01. The molecular formula is C16H22N4O3S. The van der Waals surface area contributed by atoms with Gasteiger partial charge in [-0.1, -0.05) is 0 Å². The first-order valence-electron chi connectivity index (χ1n) is 8.13. The molecule has 2 aromatic rings. The highest BCUT2D eigenvalue weighted by atomic mass is 32.1. The number of nitrogens with one attached hydrogen (secondary N) is 1. The maximum atomic E-state index is 12.3. The van der Waals surface area contributed by atoms with Gasteiger partial charge in [-0.15, -0.1) is 11.3 Å². The van der Waals surface area contributed by atoms with E-state index in [4.69, 9.17) is 4.74 Å². The van der Waals surface area contributed by atoms with Gasteiger partial charge in [0.05, 0.1) is 18.2 Å². The average molecular weight is 350 g/mol. The highest BCUT2D eigenvalue weighted by Crippen LogP contribution is 2.17. The van der Waals surface area contributed by atoms with Gasteiger partial charge in [-0.25, -0.2) is 4.98 Å². The first-order valence-corrected chi connectivity index (χ1v) is 9.01. The van der Waals surface area contributed by atoms with Crippen molar-refractivity contribution in [3.63, 3.8) is 0 Å². The number of hydrogen-bond donors (Lipinski definition) is 1. The number of ether oxygens (including phenoxy) is 1. The number of amides is 2. The smallest absolute Gasteiger partial charge is 0.224 e. The van der Waals surface area contributed by atoms with E-state index in [1.807, 2.05) is 22.2 Å². The fraction of sp³-hybridized carbons (Fsp3) is 0.562. The molecule has 8 heteroatoms. The second-order valence-corrected chi connectivity index (χ2v) is 6.81.